The number of carbonyl (C=O) groups is 1. The summed E-state index contributed by atoms with van der Waals surface area (Å²) in [4.78, 5) is 18.7. The summed E-state index contributed by atoms with van der Waals surface area (Å²) >= 11 is 7.14. The molecule has 2 heterocycles. The number of amides is 1. The van der Waals surface area contributed by atoms with Gasteiger partial charge in [-0.2, -0.15) is 0 Å². The van der Waals surface area contributed by atoms with Gasteiger partial charge < -0.3 is 14.8 Å². The Labute approximate surface area is 143 Å². The number of fused-ring (bicyclic) bond motifs is 1. The third-order valence-electron chi connectivity index (χ3n) is 3.55. The second-order valence-electron chi connectivity index (χ2n) is 5.51. The lowest BCUT2D eigenvalue weighted by Crippen LogP contribution is -2.18. The Morgan fingerprint density at radius 1 is 1.39 bits per heavy atom. The number of likely N-dealkylation sites (N-methyl/N-ethyl adjacent to an activating group) is 1. The summed E-state index contributed by atoms with van der Waals surface area (Å²) in [5.74, 6) is -0.233. The van der Waals surface area contributed by atoms with Crippen molar-refractivity contribution in [1.82, 2.24) is 14.5 Å². The highest BCUT2D eigenvalue weighted by Crippen LogP contribution is 2.23. The van der Waals surface area contributed by atoms with Crippen LogP contribution in [0.4, 0.5) is 5.69 Å². The fourth-order valence-corrected chi connectivity index (χ4v) is 3.23. The lowest BCUT2D eigenvalue weighted by atomic mass is 10.2. The third-order valence-corrected chi connectivity index (χ3v) is 4.77. The zero-order valence-electron chi connectivity index (χ0n) is 12.9. The largest absolute Gasteiger partial charge is 0.346 e. The van der Waals surface area contributed by atoms with E-state index < -0.39 is 0 Å². The molecule has 0 aliphatic heterocycles. The van der Waals surface area contributed by atoms with E-state index in [4.69, 9.17) is 11.6 Å². The number of benzene rings is 1. The van der Waals surface area contributed by atoms with Gasteiger partial charge in [-0.15, -0.1) is 11.3 Å². The van der Waals surface area contributed by atoms with Crippen molar-refractivity contribution in [1.29, 1.82) is 0 Å². The van der Waals surface area contributed by atoms with Crippen molar-refractivity contribution in [2.45, 2.75) is 6.54 Å². The van der Waals surface area contributed by atoms with E-state index in [2.05, 4.69) is 46.1 Å². The first-order valence-electron chi connectivity index (χ1n) is 7.18. The average molecular weight is 349 g/mol. The van der Waals surface area contributed by atoms with Gasteiger partial charge in [-0.3, -0.25) is 4.79 Å². The molecule has 2 aromatic heterocycles. The third kappa shape index (κ3) is 3.55. The van der Waals surface area contributed by atoms with E-state index in [0.717, 1.165) is 29.7 Å². The molecule has 0 radical (unpaired) electrons. The molecule has 23 heavy (non-hydrogen) atoms. The number of rotatable bonds is 5. The Morgan fingerprint density at radius 3 is 2.91 bits per heavy atom. The van der Waals surface area contributed by atoms with Gasteiger partial charge in [0.25, 0.3) is 5.91 Å². The van der Waals surface area contributed by atoms with Gasteiger partial charge in [0.15, 0.2) is 5.15 Å². The van der Waals surface area contributed by atoms with Gasteiger partial charge in [0.1, 0.15) is 4.88 Å². The Morgan fingerprint density at radius 2 is 2.22 bits per heavy atom. The van der Waals surface area contributed by atoms with Crippen molar-refractivity contribution in [2.24, 2.45) is 0 Å². The van der Waals surface area contributed by atoms with Crippen LogP contribution in [0.1, 0.15) is 9.67 Å². The van der Waals surface area contributed by atoms with E-state index >= 15 is 0 Å². The van der Waals surface area contributed by atoms with Crippen molar-refractivity contribution in [2.75, 3.05) is 26.0 Å². The summed E-state index contributed by atoms with van der Waals surface area (Å²) in [5, 5.41) is 4.27. The van der Waals surface area contributed by atoms with Gasteiger partial charge in [0.2, 0.25) is 0 Å². The summed E-state index contributed by atoms with van der Waals surface area (Å²) in [6, 6.07) is 7.96. The minimum atomic E-state index is -0.233. The van der Waals surface area contributed by atoms with Crippen LogP contribution < -0.4 is 5.32 Å². The summed E-state index contributed by atoms with van der Waals surface area (Å²) in [5.41, 5.74) is 3.41. The summed E-state index contributed by atoms with van der Waals surface area (Å²) in [7, 11) is 4.10. The fraction of sp³-hybridized carbons (Fsp3) is 0.250. The maximum atomic E-state index is 12.2. The molecule has 7 heteroatoms. The van der Waals surface area contributed by atoms with Gasteiger partial charge in [0, 0.05) is 25.0 Å². The molecule has 0 aliphatic carbocycles. The Balaban J connectivity index is 1.83. The first kappa shape index (κ1) is 16.0. The van der Waals surface area contributed by atoms with Gasteiger partial charge in [-0.05, 0) is 37.7 Å². The topological polar surface area (TPSA) is 50.2 Å². The zero-order valence-corrected chi connectivity index (χ0v) is 14.5. The molecule has 3 rings (SSSR count). The van der Waals surface area contributed by atoms with Crippen LogP contribution in [-0.2, 0) is 6.54 Å². The molecule has 0 unspecified atom stereocenters. The monoisotopic (exact) mass is 348 g/mol. The van der Waals surface area contributed by atoms with Gasteiger partial charge in [-0.1, -0.05) is 17.7 Å². The number of hydrogen-bond acceptors (Lipinski definition) is 4. The molecule has 120 valence electrons. The molecule has 0 spiro atoms. The maximum Gasteiger partial charge on any atom is 0.268 e. The number of anilines is 1. The SMILES string of the molecule is CN(C)CCn1ccc2ccc(NC(=O)c3scnc3Cl)cc21. The second-order valence-corrected chi connectivity index (χ2v) is 6.73. The number of nitrogens with zero attached hydrogens (tertiary/aromatic N) is 3. The molecule has 0 aliphatic rings. The number of aromatic nitrogens is 2. The van der Waals surface area contributed by atoms with Crippen molar-refractivity contribution >= 4 is 45.4 Å². The van der Waals surface area contributed by atoms with E-state index in [9.17, 15) is 4.79 Å². The van der Waals surface area contributed by atoms with Crippen LogP contribution in [0, 0.1) is 0 Å². The van der Waals surface area contributed by atoms with Crippen LogP contribution in [-0.4, -0.2) is 41.0 Å². The predicted molar refractivity (Wildman–Crippen MR) is 95.6 cm³/mol. The highest BCUT2D eigenvalue weighted by Gasteiger charge is 2.14. The lowest BCUT2D eigenvalue weighted by Gasteiger charge is -2.12. The van der Waals surface area contributed by atoms with Gasteiger partial charge in [0.05, 0.1) is 11.0 Å². The zero-order chi connectivity index (χ0) is 16.4. The highest BCUT2D eigenvalue weighted by atomic mass is 35.5. The first-order valence-corrected chi connectivity index (χ1v) is 8.44. The molecule has 0 saturated carbocycles. The summed E-state index contributed by atoms with van der Waals surface area (Å²) in [6.07, 6.45) is 2.07. The van der Waals surface area contributed by atoms with E-state index in [1.165, 1.54) is 11.3 Å². The molecule has 0 fully saturated rings. The van der Waals surface area contributed by atoms with E-state index in [0.29, 0.717) is 4.88 Å². The van der Waals surface area contributed by atoms with Crippen LogP contribution in [0.15, 0.2) is 36.0 Å². The summed E-state index contributed by atoms with van der Waals surface area (Å²) < 4.78 is 2.19. The van der Waals surface area contributed by atoms with E-state index in [1.54, 1.807) is 5.51 Å². The van der Waals surface area contributed by atoms with Crippen molar-refractivity contribution in [3.05, 3.63) is 46.0 Å². The second kappa shape index (κ2) is 6.70. The molecule has 1 aromatic carbocycles. The molecular weight excluding hydrogens is 332 g/mol. The Hall–Kier alpha value is -1.89. The van der Waals surface area contributed by atoms with Crippen molar-refractivity contribution in [3.8, 4) is 0 Å². The van der Waals surface area contributed by atoms with E-state index in [1.807, 2.05) is 18.2 Å². The predicted octanol–water partition coefficient (Wildman–Crippen LogP) is 3.57. The molecule has 0 saturated heterocycles. The molecule has 0 bridgehead atoms. The van der Waals surface area contributed by atoms with Gasteiger partial charge >= 0.3 is 0 Å². The van der Waals surface area contributed by atoms with Crippen LogP contribution in [0.2, 0.25) is 5.15 Å². The number of carbonyl (C=O) groups excluding carboxylic acids is 1. The van der Waals surface area contributed by atoms with E-state index in [-0.39, 0.29) is 11.1 Å². The maximum absolute atomic E-state index is 12.2. The quantitative estimate of drug-likeness (QED) is 0.767. The normalized spacial score (nSPS) is 11.3. The molecule has 1 amide bonds. The number of nitrogens with one attached hydrogen (secondary N) is 1. The van der Waals surface area contributed by atoms with Gasteiger partial charge in [-0.25, -0.2) is 4.98 Å². The Bertz CT molecular complexity index is 840. The van der Waals surface area contributed by atoms with Crippen LogP contribution in [0.3, 0.4) is 0 Å². The van der Waals surface area contributed by atoms with Crippen LogP contribution in [0.25, 0.3) is 10.9 Å². The van der Waals surface area contributed by atoms with Crippen molar-refractivity contribution in [3.63, 3.8) is 0 Å². The minimum Gasteiger partial charge on any atom is -0.346 e. The first-order chi connectivity index (χ1) is 11.0. The summed E-state index contributed by atoms with van der Waals surface area (Å²) in [6.45, 7) is 1.85. The fourth-order valence-electron chi connectivity index (χ4n) is 2.33. The molecular formula is C16H17ClN4OS. The molecule has 0 atom stereocenters. The number of halogens is 1. The smallest absolute Gasteiger partial charge is 0.268 e. The number of hydrogen-bond donors (Lipinski definition) is 1. The molecule has 5 nitrogen and oxygen atoms in total. The van der Waals surface area contributed by atoms with Crippen LogP contribution in [0.5, 0.6) is 0 Å². The minimum absolute atomic E-state index is 0.233. The lowest BCUT2D eigenvalue weighted by molar-refractivity contribution is 0.103. The average Bonchev–Trinajstić information content (AvgIpc) is 3.11. The Kier molecular flexibility index (Phi) is 4.66. The van der Waals surface area contributed by atoms with Crippen molar-refractivity contribution < 1.29 is 4.79 Å². The van der Waals surface area contributed by atoms with Crippen LogP contribution >= 0.6 is 22.9 Å². The molecule has 3 aromatic rings. The molecule has 1 N–H and O–H groups in total. The standard InChI is InChI=1S/C16H17ClN4OS/c1-20(2)7-8-21-6-5-11-3-4-12(9-13(11)21)19-16(22)14-15(17)18-10-23-14/h3-6,9-10H,7-8H2,1-2H3,(H,19,22). The highest BCUT2D eigenvalue weighted by molar-refractivity contribution is 7.12. The number of thiazole rings is 1.